The highest BCUT2D eigenvalue weighted by molar-refractivity contribution is 5.77. The van der Waals surface area contributed by atoms with Crippen LogP contribution in [0.1, 0.15) is 30.7 Å². The average Bonchev–Trinajstić information content (AvgIpc) is 3.45. The van der Waals surface area contributed by atoms with Crippen LogP contribution in [0.15, 0.2) is 59.4 Å². The van der Waals surface area contributed by atoms with Crippen molar-refractivity contribution in [3.63, 3.8) is 0 Å². The Morgan fingerprint density at radius 3 is 2.61 bits per heavy atom. The van der Waals surface area contributed by atoms with Crippen LogP contribution in [0.25, 0.3) is 11.4 Å². The number of likely N-dealkylation sites (tertiary alicyclic amines) is 1. The topological polar surface area (TPSA) is 75.4 Å². The van der Waals surface area contributed by atoms with Gasteiger partial charge in [0, 0.05) is 63.0 Å². The molecule has 0 spiro atoms. The van der Waals surface area contributed by atoms with Gasteiger partial charge in [-0.15, -0.1) is 0 Å². The lowest BCUT2D eigenvalue weighted by Crippen LogP contribution is -2.61. The lowest BCUT2D eigenvalue weighted by atomic mass is 10.0. The van der Waals surface area contributed by atoms with Crippen LogP contribution in [0, 0.1) is 5.92 Å². The summed E-state index contributed by atoms with van der Waals surface area (Å²) in [5.41, 5.74) is 2.20. The fourth-order valence-corrected chi connectivity index (χ4v) is 4.02. The fraction of sp³-hybridized carbons (Fsp3) is 0.417. The Kier molecular flexibility index (Phi) is 5.76. The molecule has 3 heterocycles. The number of pyridine rings is 1. The van der Waals surface area contributed by atoms with E-state index in [1.165, 1.54) is 18.4 Å². The molecular formula is C24H27N5O2. The fourth-order valence-electron chi connectivity index (χ4n) is 4.02. The Bertz CT molecular complexity index is 997. The van der Waals surface area contributed by atoms with Crippen LogP contribution in [0.2, 0.25) is 0 Å². The first-order valence-corrected chi connectivity index (χ1v) is 11.0. The lowest BCUT2D eigenvalue weighted by Gasteiger charge is -2.45. The van der Waals surface area contributed by atoms with E-state index < -0.39 is 0 Å². The van der Waals surface area contributed by atoms with Crippen molar-refractivity contribution >= 4 is 5.91 Å². The molecule has 3 aromatic rings. The molecule has 1 aliphatic heterocycles. The van der Waals surface area contributed by atoms with Crippen LogP contribution < -0.4 is 0 Å². The van der Waals surface area contributed by atoms with Crippen molar-refractivity contribution in [3.8, 4) is 11.4 Å². The summed E-state index contributed by atoms with van der Waals surface area (Å²) in [5.74, 6) is 2.06. The number of aryl methyl sites for hydroxylation is 1. The van der Waals surface area contributed by atoms with Crippen molar-refractivity contribution < 1.29 is 9.32 Å². The molecule has 1 saturated heterocycles. The number of hydrogen-bond donors (Lipinski definition) is 0. The van der Waals surface area contributed by atoms with Gasteiger partial charge in [-0.1, -0.05) is 35.5 Å². The first-order valence-electron chi connectivity index (χ1n) is 11.0. The minimum absolute atomic E-state index is 0.158. The van der Waals surface area contributed by atoms with Gasteiger partial charge in [0.25, 0.3) is 0 Å². The molecule has 1 saturated carbocycles. The summed E-state index contributed by atoms with van der Waals surface area (Å²) >= 11 is 0. The van der Waals surface area contributed by atoms with Crippen LogP contribution in [0.3, 0.4) is 0 Å². The average molecular weight is 418 g/mol. The summed E-state index contributed by atoms with van der Waals surface area (Å²) < 4.78 is 5.33. The third-order valence-electron chi connectivity index (χ3n) is 6.11. The highest BCUT2D eigenvalue weighted by Gasteiger charge is 2.37. The number of carbonyl (C=O) groups is 1. The van der Waals surface area contributed by atoms with Gasteiger partial charge in [-0.25, -0.2) is 0 Å². The summed E-state index contributed by atoms with van der Waals surface area (Å²) in [7, 11) is 0. The quantitative estimate of drug-likeness (QED) is 0.532. The molecule has 1 amide bonds. The van der Waals surface area contributed by atoms with E-state index in [0.29, 0.717) is 30.6 Å². The van der Waals surface area contributed by atoms with Crippen molar-refractivity contribution in [1.29, 1.82) is 0 Å². The molecule has 1 aliphatic carbocycles. The van der Waals surface area contributed by atoms with Crippen LogP contribution in [-0.4, -0.2) is 56.5 Å². The van der Waals surface area contributed by atoms with Gasteiger partial charge in [0.05, 0.1) is 0 Å². The number of amides is 1. The van der Waals surface area contributed by atoms with Crippen molar-refractivity contribution in [2.24, 2.45) is 5.92 Å². The molecule has 0 unspecified atom stereocenters. The first kappa shape index (κ1) is 19.9. The van der Waals surface area contributed by atoms with E-state index in [1.807, 2.05) is 47.6 Å². The number of aromatic nitrogens is 3. The van der Waals surface area contributed by atoms with Gasteiger partial charge in [-0.05, 0) is 36.5 Å². The largest absolute Gasteiger partial charge is 0.339 e. The van der Waals surface area contributed by atoms with Crippen LogP contribution in [0.5, 0.6) is 0 Å². The summed E-state index contributed by atoms with van der Waals surface area (Å²) in [6.45, 7) is 3.65. The highest BCUT2D eigenvalue weighted by Crippen LogP contribution is 2.32. The highest BCUT2D eigenvalue weighted by atomic mass is 16.5. The number of nitrogens with zero attached hydrogens (tertiary/aromatic N) is 5. The monoisotopic (exact) mass is 417 g/mol. The number of benzene rings is 1. The van der Waals surface area contributed by atoms with Crippen molar-refractivity contribution in [1.82, 2.24) is 24.9 Å². The van der Waals surface area contributed by atoms with E-state index >= 15 is 0 Å². The normalized spacial score (nSPS) is 16.5. The molecule has 7 nitrogen and oxygen atoms in total. The molecule has 31 heavy (non-hydrogen) atoms. The molecule has 2 fully saturated rings. The number of carbonyl (C=O) groups excluding carboxylic acids is 1. The van der Waals surface area contributed by atoms with Crippen LogP contribution in [-0.2, 0) is 17.8 Å². The standard InChI is InChI=1S/C24H27N5O2/c30-23(9-8-22-26-24(27-31-22)20-4-2-1-3-5-20)29-16-21(17-29)28(14-18-6-7-18)15-19-10-12-25-13-11-19/h1-5,10-13,18,21H,6-9,14-17H2. The number of rotatable bonds is 9. The third kappa shape index (κ3) is 4.99. The zero-order valence-corrected chi connectivity index (χ0v) is 17.6. The summed E-state index contributed by atoms with van der Waals surface area (Å²) in [6.07, 6.45) is 7.23. The van der Waals surface area contributed by atoms with Crippen molar-refractivity contribution in [3.05, 3.63) is 66.3 Å². The Balaban J connectivity index is 1.11. The van der Waals surface area contributed by atoms with Crippen LogP contribution >= 0.6 is 0 Å². The predicted octanol–water partition coefficient (Wildman–Crippen LogP) is 3.19. The Morgan fingerprint density at radius 1 is 1.10 bits per heavy atom. The summed E-state index contributed by atoms with van der Waals surface area (Å²) in [4.78, 5) is 25.7. The first-order chi connectivity index (χ1) is 15.2. The minimum Gasteiger partial charge on any atom is -0.339 e. The van der Waals surface area contributed by atoms with Gasteiger partial charge in [0.2, 0.25) is 17.6 Å². The Morgan fingerprint density at radius 2 is 1.87 bits per heavy atom. The van der Waals surface area contributed by atoms with E-state index in [1.54, 1.807) is 0 Å². The van der Waals surface area contributed by atoms with E-state index in [-0.39, 0.29) is 5.91 Å². The second-order valence-corrected chi connectivity index (χ2v) is 8.56. The smallest absolute Gasteiger partial charge is 0.227 e. The van der Waals surface area contributed by atoms with Gasteiger partial charge >= 0.3 is 0 Å². The molecule has 7 heteroatoms. The van der Waals surface area contributed by atoms with Crippen molar-refractivity contribution in [2.75, 3.05) is 19.6 Å². The zero-order valence-electron chi connectivity index (χ0n) is 17.6. The third-order valence-corrected chi connectivity index (χ3v) is 6.11. The molecule has 0 atom stereocenters. The Hall–Kier alpha value is -3.06. The van der Waals surface area contributed by atoms with Gasteiger partial charge in [-0.2, -0.15) is 4.98 Å². The van der Waals surface area contributed by atoms with E-state index in [0.717, 1.165) is 37.7 Å². The lowest BCUT2D eigenvalue weighted by molar-refractivity contribution is -0.139. The second kappa shape index (κ2) is 8.98. The van der Waals surface area contributed by atoms with Gasteiger partial charge in [0.15, 0.2) is 0 Å². The molecule has 160 valence electrons. The summed E-state index contributed by atoms with van der Waals surface area (Å²) in [6, 6.07) is 14.3. The zero-order chi connectivity index (χ0) is 21.0. The second-order valence-electron chi connectivity index (χ2n) is 8.56. The van der Waals surface area contributed by atoms with E-state index in [9.17, 15) is 4.79 Å². The number of hydrogen-bond acceptors (Lipinski definition) is 6. The molecule has 0 bridgehead atoms. The maximum Gasteiger partial charge on any atom is 0.227 e. The Labute approximate surface area is 182 Å². The predicted molar refractivity (Wildman–Crippen MR) is 116 cm³/mol. The molecule has 0 radical (unpaired) electrons. The SMILES string of the molecule is O=C(CCc1nc(-c2ccccc2)no1)N1CC(N(Cc2ccncc2)CC2CC2)C1. The molecule has 1 aromatic carbocycles. The van der Waals surface area contributed by atoms with E-state index in [2.05, 4.69) is 32.2 Å². The van der Waals surface area contributed by atoms with E-state index in [4.69, 9.17) is 4.52 Å². The van der Waals surface area contributed by atoms with Crippen LogP contribution in [0.4, 0.5) is 0 Å². The molecule has 0 N–H and O–H groups in total. The molecule has 2 aromatic heterocycles. The van der Waals surface area contributed by atoms with Gasteiger partial charge in [-0.3, -0.25) is 14.7 Å². The maximum atomic E-state index is 12.6. The molecule has 5 rings (SSSR count). The maximum absolute atomic E-state index is 12.6. The van der Waals surface area contributed by atoms with Gasteiger partial charge in [0.1, 0.15) is 0 Å². The summed E-state index contributed by atoms with van der Waals surface area (Å²) in [5, 5.41) is 4.03. The van der Waals surface area contributed by atoms with Crippen molar-refractivity contribution in [2.45, 2.75) is 38.3 Å². The molecular weight excluding hydrogens is 390 g/mol. The van der Waals surface area contributed by atoms with Gasteiger partial charge < -0.3 is 9.42 Å². The molecule has 2 aliphatic rings. The minimum atomic E-state index is 0.158.